The second-order valence-electron chi connectivity index (χ2n) is 3.95. The molecule has 0 spiro atoms. The van der Waals surface area contributed by atoms with E-state index in [1.54, 1.807) is 12.1 Å². The van der Waals surface area contributed by atoms with E-state index in [0.29, 0.717) is 12.2 Å². The molecule has 20 heavy (non-hydrogen) atoms. The minimum absolute atomic E-state index is 0.112. The van der Waals surface area contributed by atoms with Gasteiger partial charge in [0.2, 0.25) is 0 Å². The minimum Gasteiger partial charge on any atom is -0.478 e. The molecule has 0 aromatic heterocycles. The van der Waals surface area contributed by atoms with Crippen molar-refractivity contribution in [2.24, 2.45) is 0 Å². The molecule has 1 rings (SSSR count). The quantitative estimate of drug-likeness (QED) is 0.565. The maximum Gasteiger partial charge on any atom is 0.335 e. The lowest BCUT2D eigenvalue weighted by Gasteiger charge is -2.05. The molecule has 1 atom stereocenters. The molecule has 0 bridgehead atoms. The highest BCUT2D eigenvalue weighted by molar-refractivity contribution is 7.84. The monoisotopic (exact) mass is 300 g/mol. The van der Waals surface area contributed by atoms with Crippen molar-refractivity contribution < 1.29 is 28.4 Å². The third-order valence-electron chi connectivity index (χ3n) is 2.33. The van der Waals surface area contributed by atoms with Crippen LogP contribution in [0, 0.1) is 0 Å². The molecular weight excluding hydrogens is 284 g/mol. The Hall–Kier alpha value is -1.73. The lowest BCUT2D eigenvalue weighted by Crippen LogP contribution is -2.17. The number of hydrogen-bond donors (Lipinski definition) is 1. The molecule has 0 aliphatic carbocycles. The summed E-state index contributed by atoms with van der Waals surface area (Å²) in [5, 5.41) is 8.85. The molecule has 0 saturated carbocycles. The summed E-state index contributed by atoms with van der Waals surface area (Å²) in [6, 6.07) is 6.14. The molecule has 0 amide bonds. The smallest absolute Gasteiger partial charge is 0.335 e. The van der Waals surface area contributed by atoms with Crippen LogP contribution in [0.25, 0.3) is 0 Å². The van der Waals surface area contributed by atoms with Crippen LogP contribution >= 0.6 is 0 Å². The zero-order chi connectivity index (χ0) is 15.0. The van der Waals surface area contributed by atoms with Gasteiger partial charge in [0.05, 0.1) is 12.2 Å². The van der Waals surface area contributed by atoms with Crippen molar-refractivity contribution in [2.45, 2.75) is 5.75 Å². The largest absolute Gasteiger partial charge is 0.478 e. The summed E-state index contributed by atoms with van der Waals surface area (Å²) in [7, 11) is 0.0512. The van der Waals surface area contributed by atoms with Crippen molar-refractivity contribution >= 4 is 22.7 Å². The van der Waals surface area contributed by atoms with Gasteiger partial charge >= 0.3 is 11.9 Å². The van der Waals surface area contributed by atoms with Crippen LogP contribution in [0.1, 0.15) is 15.9 Å². The molecule has 7 heteroatoms. The summed E-state index contributed by atoms with van der Waals surface area (Å²) in [5.41, 5.74) is 0.732. The molecule has 6 nitrogen and oxygen atoms in total. The zero-order valence-electron chi connectivity index (χ0n) is 11.0. The molecule has 1 aromatic rings. The van der Waals surface area contributed by atoms with Gasteiger partial charge in [0.1, 0.15) is 12.4 Å². The van der Waals surface area contributed by atoms with Gasteiger partial charge in [0.25, 0.3) is 0 Å². The highest BCUT2D eigenvalue weighted by Crippen LogP contribution is 2.08. The average Bonchev–Trinajstić information content (AvgIpc) is 2.39. The number of hydrogen-bond acceptors (Lipinski definition) is 5. The van der Waals surface area contributed by atoms with Crippen molar-refractivity contribution in [3.63, 3.8) is 0 Å². The predicted molar refractivity (Wildman–Crippen MR) is 72.9 cm³/mol. The molecule has 1 aromatic carbocycles. The minimum atomic E-state index is -1.44. The molecule has 110 valence electrons. The number of ether oxygens (including phenoxy) is 2. The molecule has 0 aliphatic rings. The standard InChI is InChI=1S/C13H16O6S/c1-18-5-6-19-12(14)9-20(17)8-10-3-2-4-11(7-10)13(15)16/h2-4,7H,5-6,8-9H2,1H3,(H,15,16). The fourth-order valence-corrected chi connectivity index (χ4v) is 2.44. The van der Waals surface area contributed by atoms with Gasteiger partial charge in [-0.3, -0.25) is 9.00 Å². The van der Waals surface area contributed by atoms with E-state index in [1.165, 1.54) is 19.2 Å². The maximum atomic E-state index is 11.8. The number of benzene rings is 1. The van der Waals surface area contributed by atoms with Gasteiger partial charge in [-0.15, -0.1) is 0 Å². The van der Waals surface area contributed by atoms with Gasteiger partial charge in [-0.05, 0) is 17.7 Å². The first-order valence-corrected chi connectivity index (χ1v) is 7.33. The van der Waals surface area contributed by atoms with Crippen molar-refractivity contribution in [2.75, 3.05) is 26.1 Å². The number of esters is 1. The molecule has 1 N–H and O–H groups in total. The van der Waals surface area contributed by atoms with Gasteiger partial charge in [-0.2, -0.15) is 0 Å². The molecular formula is C13H16O6S. The third kappa shape index (κ3) is 5.94. The number of carboxylic acid groups (broad SMARTS) is 1. The normalized spacial score (nSPS) is 11.8. The summed E-state index contributed by atoms with van der Waals surface area (Å²) in [6.07, 6.45) is 0. The fraction of sp³-hybridized carbons (Fsp3) is 0.385. The van der Waals surface area contributed by atoms with Gasteiger partial charge in [-0.25, -0.2) is 4.79 Å². The van der Waals surface area contributed by atoms with Crippen LogP contribution in [0.15, 0.2) is 24.3 Å². The van der Waals surface area contributed by atoms with Crippen molar-refractivity contribution in [1.82, 2.24) is 0 Å². The number of carbonyl (C=O) groups is 2. The van der Waals surface area contributed by atoms with Crippen LogP contribution in [0.2, 0.25) is 0 Å². The fourth-order valence-electron chi connectivity index (χ4n) is 1.44. The molecule has 0 aliphatic heterocycles. The summed E-state index contributed by atoms with van der Waals surface area (Å²) in [5.74, 6) is -1.71. The Bertz CT molecular complexity index is 499. The first kappa shape index (κ1) is 16.3. The Balaban J connectivity index is 2.48. The Labute approximate surface area is 119 Å². The van der Waals surface area contributed by atoms with Crippen molar-refractivity contribution in [3.8, 4) is 0 Å². The van der Waals surface area contributed by atoms with E-state index < -0.39 is 22.7 Å². The summed E-state index contributed by atoms with van der Waals surface area (Å²) in [6.45, 7) is 0.417. The Kier molecular flexibility index (Phi) is 6.89. The van der Waals surface area contributed by atoms with E-state index in [2.05, 4.69) is 0 Å². The SMILES string of the molecule is COCCOC(=O)CS(=O)Cc1cccc(C(=O)O)c1. The molecule has 0 heterocycles. The summed E-state index contributed by atoms with van der Waals surface area (Å²) < 4.78 is 21.3. The lowest BCUT2D eigenvalue weighted by molar-refractivity contribution is -0.141. The van der Waals surface area contributed by atoms with Gasteiger partial charge < -0.3 is 14.6 Å². The molecule has 0 radical (unpaired) electrons. The van der Waals surface area contributed by atoms with Crippen LogP contribution in [0.3, 0.4) is 0 Å². The topological polar surface area (TPSA) is 89.9 Å². The number of methoxy groups -OCH3 is 1. The van der Waals surface area contributed by atoms with Crippen molar-refractivity contribution in [3.05, 3.63) is 35.4 Å². The summed E-state index contributed by atoms with van der Waals surface area (Å²) in [4.78, 5) is 22.1. The zero-order valence-corrected chi connectivity index (χ0v) is 11.9. The number of carbonyl (C=O) groups excluding carboxylic acids is 1. The van der Waals surface area contributed by atoms with E-state index in [0.717, 1.165) is 0 Å². The lowest BCUT2D eigenvalue weighted by atomic mass is 10.1. The first-order valence-electron chi connectivity index (χ1n) is 5.84. The average molecular weight is 300 g/mol. The number of carboxylic acids is 1. The van der Waals surface area contributed by atoms with Crippen LogP contribution in [-0.4, -0.2) is 47.3 Å². The highest BCUT2D eigenvalue weighted by Gasteiger charge is 2.11. The van der Waals surface area contributed by atoms with Crippen LogP contribution in [-0.2, 0) is 30.8 Å². The number of rotatable bonds is 8. The summed E-state index contributed by atoms with van der Waals surface area (Å²) >= 11 is 0. The van der Waals surface area contributed by atoms with Gasteiger partial charge in [0, 0.05) is 23.7 Å². The van der Waals surface area contributed by atoms with E-state index in [4.69, 9.17) is 14.6 Å². The van der Waals surface area contributed by atoms with Gasteiger partial charge in [0.15, 0.2) is 0 Å². The van der Waals surface area contributed by atoms with Crippen LogP contribution < -0.4 is 0 Å². The third-order valence-corrected chi connectivity index (χ3v) is 3.54. The Morgan fingerprint density at radius 2 is 2.05 bits per heavy atom. The van der Waals surface area contributed by atoms with Crippen LogP contribution in [0.5, 0.6) is 0 Å². The Morgan fingerprint density at radius 3 is 2.70 bits per heavy atom. The maximum absolute atomic E-state index is 11.8. The van der Waals surface area contributed by atoms with E-state index >= 15 is 0 Å². The second kappa shape index (κ2) is 8.44. The molecule has 1 unspecified atom stereocenters. The molecule has 0 saturated heterocycles. The van der Waals surface area contributed by atoms with Gasteiger partial charge in [-0.1, -0.05) is 12.1 Å². The Morgan fingerprint density at radius 1 is 1.30 bits per heavy atom. The van der Waals surface area contributed by atoms with Crippen LogP contribution in [0.4, 0.5) is 0 Å². The van der Waals surface area contributed by atoms with E-state index in [1.807, 2.05) is 0 Å². The second-order valence-corrected chi connectivity index (χ2v) is 5.40. The first-order chi connectivity index (χ1) is 9.52. The number of aromatic carboxylic acids is 1. The predicted octanol–water partition coefficient (Wildman–Crippen LogP) is 0.823. The van der Waals surface area contributed by atoms with E-state index in [-0.39, 0.29) is 23.7 Å². The molecule has 0 fully saturated rings. The highest BCUT2D eigenvalue weighted by atomic mass is 32.2. The van der Waals surface area contributed by atoms with Crippen molar-refractivity contribution in [1.29, 1.82) is 0 Å². The van der Waals surface area contributed by atoms with E-state index in [9.17, 15) is 13.8 Å².